The molecular weight excluding hydrogens is 320 g/mol. The van der Waals surface area contributed by atoms with Crippen molar-refractivity contribution in [3.63, 3.8) is 0 Å². The molecule has 2 N–H and O–H groups in total. The molecule has 0 bridgehead atoms. The van der Waals surface area contributed by atoms with E-state index < -0.39 is 27.8 Å². The molecule has 0 spiro atoms. The Morgan fingerprint density at radius 2 is 2.00 bits per heavy atom. The van der Waals surface area contributed by atoms with Gasteiger partial charge in [0.05, 0.1) is 11.0 Å². The lowest BCUT2D eigenvalue weighted by Crippen LogP contribution is -2.26. The molecule has 2 rings (SSSR count). The van der Waals surface area contributed by atoms with Crippen LogP contribution in [0.3, 0.4) is 0 Å². The van der Waals surface area contributed by atoms with Gasteiger partial charge >= 0.3 is 0 Å². The molecule has 1 heterocycles. The normalized spacial score (nSPS) is 13.3. The Labute approximate surface area is 125 Å². The largest absolute Gasteiger partial charge is 0.388 e. The molecule has 1 aromatic carbocycles. The zero-order valence-corrected chi connectivity index (χ0v) is 12.4. The van der Waals surface area contributed by atoms with E-state index in [9.17, 15) is 22.3 Å². The van der Waals surface area contributed by atoms with Crippen molar-refractivity contribution in [2.24, 2.45) is 0 Å². The van der Waals surface area contributed by atoms with Crippen molar-refractivity contribution in [1.82, 2.24) is 4.72 Å². The Morgan fingerprint density at radius 3 is 2.62 bits per heavy atom. The first-order chi connectivity index (χ1) is 9.90. The third-order valence-electron chi connectivity index (χ3n) is 2.84. The Morgan fingerprint density at radius 1 is 1.24 bits per heavy atom. The van der Waals surface area contributed by atoms with Crippen LogP contribution in [0.2, 0.25) is 0 Å². The summed E-state index contributed by atoms with van der Waals surface area (Å²) in [5, 5.41) is 13.4. The lowest BCUT2D eigenvalue weighted by atomic mass is 10.1. The molecule has 21 heavy (non-hydrogen) atoms. The van der Waals surface area contributed by atoms with Crippen LogP contribution in [0.1, 0.15) is 18.1 Å². The van der Waals surface area contributed by atoms with Gasteiger partial charge in [-0.3, -0.25) is 0 Å². The van der Waals surface area contributed by atoms with E-state index >= 15 is 0 Å². The van der Waals surface area contributed by atoms with Gasteiger partial charge in [-0.2, -0.15) is 11.3 Å². The standard InChI is InChI=1S/C13H13F2NO3S2/c14-11-2-1-10(7-12(11)15)21(18,19)16-5-3-13(17)9-4-6-20-8-9/h1-2,4,6-8,13,16-17H,3,5H2. The summed E-state index contributed by atoms with van der Waals surface area (Å²) in [6.07, 6.45) is -0.594. The van der Waals surface area contributed by atoms with E-state index in [1.807, 2.05) is 5.38 Å². The van der Waals surface area contributed by atoms with E-state index in [2.05, 4.69) is 4.72 Å². The molecular formula is C13H13F2NO3S2. The number of benzene rings is 1. The summed E-state index contributed by atoms with van der Waals surface area (Å²) in [7, 11) is -3.93. The lowest BCUT2D eigenvalue weighted by Gasteiger charge is -2.10. The number of halogens is 2. The van der Waals surface area contributed by atoms with E-state index in [0.717, 1.165) is 12.1 Å². The zero-order chi connectivity index (χ0) is 15.5. The average Bonchev–Trinajstić information content (AvgIpc) is 2.95. The van der Waals surface area contributed by atoms with Gasteiger partial charge in [0, 0.05) is 6.54 Å². The van der Waals surface area contributed by atoms with Crippen molar-refractivity contribution in [3.8, 4) is 0 Å². The van der Waals surface area contributed by atoms with Crippen LogP contribution in [0.15, 0.2) is 39.9 Å². The molecule has 0 saturated heterocycles. The number of aliphatic hydroxyl groups is 1. The van der Waals surface area contributed by atoms with E-state index in [1.165, 1.54) is 11.3 Å². The fourth-order valence-corrected chi connectivity index (χ4v) is 3.45. The van der Waals surface area contributed by atoms with Gasteiger partial charge in [0.15, 0.2) is 11.6 Å². The minimum atomic E-state index is -3.93. The van der Waals surface area contributed by atoms with Crippen LogP contribution in [0, 0.1) is 11.6 Å². The molecule has 1 atom stereocenters. The zero-order valence-electron chi connectivity index (χ0n) is 10.8. The monoisotopic (exact) mass is 333 g/mol. The summed E-state index contributed by atoms with van der Waals surface area (Å²) >= 11 is 1.43. The number of thiophene rings is 1. The van der Waals surface area contributed by atoms with Gasteiger partial charge in [-0.25, -0.2) is 21.9 Å². The maximum atomic E-state index is 13.0. The minimum absolute atomic E-state index is 0.0155. The third-order valence-corrected chi connectivity index (χ3v) is 5.00. The number of rotatable bonds is 6. The Kier molecular flexibility index (Phi) is 5.04. The van der Waals surface area contributed by atoms with Gasteiger partial charge in [-0.15, -0.1) is 0 Å². The molecule has 0 fully saturated rings. The second-order valence-corrected chi connectivity index (χ2v) is 6.88. The number of hydrogen-bond acceptors (Lipinski definition) is 4. The topological polar surface area (TPSA) is 66.4 Å². The summed E-state index contributed by atoms with van der Waals surface area (Å²) < 4.78 is 51.8. The van der Waals surface area contributed by atoms with Crippen molar-refractivity contribution in [3.05, 3.63) is 52.2 Å². The Balaban J connectivity index is 1.96. The van der Waals surface area contributed by atoms with Crippen molar-refractivity contribution >= 4 is 21.4 Å². The van der Waals surface area contributed by atoms with E-state index in [1.54, 1.807) is 11.4 Å². The van der Waals surface area contributed by atoms with Crippen LogP contribution in [0.5, 0.6) is 0 Å². The Hall–Kier alpha value is -1.35. The molecule has 0 radical (unpaired) electrons. The molecule has 0 aliphatic heterocycles. The number of hydrogen-bond donors (Lipinski definition) is 2. The van der Waals surface area contributed by atoms with Crippen molar-refractivity contribution in [2.75, 3.05) is 6.54 Å². The van der Waals surface area contributed by atoms with Crippen LogP contribution >= 0.6 is 11.3 Å². The first-order valence-electron chi connectivity index (χ1n) is 6.05. The number of sulfonamides is 1. The predicted octanol–water partition coefficient (Wildman–Crippen LogP) is 2.43. The van der Waals surface area contributed by atoms with Gasteiger partial charge < -0.3 is 5.11 Å². The smallest absolute Gasteiger partial charge is 0.240 e. The highest BCUT2D eigenvalue weighted by Crippen LogP contribution is 2.19. The SMILES string of the molecule is O=S(=O)(NCCC(O)c1ccsc1)c1ccc(F)c(F)c1. The van der Waals surface area contributed by atoms with Crippen LogP contribution in [0.25, 0.3) is 0 Å². The Bertz CT molecular complexity index is 702. The molecule has 0 saturated carbocycles. The molecule has 8 heteroatoms. The van der Waals surface area contributed by atoms with Gasteiger partial charge in [0.1, 0.15) is 0 Å². The highest BCUT2D eigenvalue weighted by atomic mass is 32.2. The first-order valence-corrected chi connectivity index (χ1v) is 8.47. The van der Waals surface area contributed by atoms with Crippen molar-refractivity contribution in [1.29, 1.82) is 0 Å². The fraction of sp³-hybridized carbons (Fsp3) is 0.231. The van der Waals surface area contributed by atoms with E-state index in [-0.39, 0.29) is 17.9 Å². The molecule has 0 amide bonds. The van der Waals surface area contributed by atoms with Gasteiger partial charge in [-0.05, 0) is 47.0 Å². The quantitative estimate of drug-likeness (QED) is 0.853. The van der Waals surface area contributed by atoms with Gasteiger partial charge in [0.2, 0.25) is 10.0 Å². The average molecular weight is 333 g/mol. The summed E-state index contributed by atoms with van der Waals surface area (Å²) in [5.74, 6) is -2.34. The van der Waals surface area contributed by atoms with Gasteiger partial charge in [-0.1, -0.05) is 0 Å². The maximum Gasteiger partial charge on any atom is 0.240 e. The molecule has 0 aliphatic rings. The molecule has 1 aromatic heterocycles. The highest BCUT2D eigenvalue weighted by Gasteiger charge is 2.17. The van der Waals surface area contributed by atoms with E-state index in [0.29, 0.717) is 11.6 Å². The summed E-state index contributed by atoms with van der Waals surface area (Å²) in [6.45, 7) is -0.0155. The van der Waals surface area contributed by atoms with Gasteiger partial charge in [0.25, 0.3) is 0 Å². The van der Waals surface area contributed by atoms with Crippen LogP contribution in [-0.2, 0) is 10.0 Å². The number of nitrogens with one attached hydrogen (secondary N) is 1. The second kappa shape index (κ2) is 6.61. The molecule has 1 unspecified atom stereocenters. The molecule has 4 nitrogen and oxygen atoms in total. The van der Waals surface area contributed by atoms with Crippen LogP contribution in [0.4, 0.5) is 8.78 Å². The van der Waals surface area contributed by atoms with Crippen LogP contribution in [-0.4, -0.2) is 20.1 Å². The summed E-state index contributed by atoms with van der Waals surface area (Å²) in [6, 6.07) is 4.10. The van der Waals surface area contributed by atoms with Crippen molar-refractivity contribution < 1.29 is 22.3 Å². The van der Waals surface area contributed by atoms with Crippen molar-refractivity contribution in [2.45, 2.75) is 17.4 Å². The number of aliphatic hydroxyl groups excluding tert-OH is 1. The van der Waals surface area contributed by atoms with E-state index in [4.69, 9.17) is 0 Å². The molecule has 2 aromatic rings. The lowest BCUT2D eigenvalue weighted by molar-refractivity contribution is 0.169. The molecule has 114 valence electrons. The maximum absolute atomic E-state index is 13.0. The first kappa shape index (κ1) is 16.0. The fourth-order valence-electron chi connectivity index (χ4n) is 1.69. The van der Waals surface area contributed by atoms with Crippen LogP contribution < -0.4 is 4.72 Å². The minimum Gasteiger partial charge on any atom is -0.388 e. The predicted molar refractivity (Wildman–Crippen MR) is 75.4 cm³/mol. The molecule has 0 aliphatic carbocycles. The second-order valence-electron chi connectivity index (χ2n) is 4.33. The third kappa shape index (κ3) is 4.07. The highest BCUT2D eigenvalue weighted by molar-refractivity contribution is 7.89. The summed E-state index contributed by atoms with van der Waals surface area (Å²) in [4.78, 5) is -0.355. The summed E-state index contributed by atoms with van der Waals surface area (Å²) in [5.41, 5.74) is 0.715.